The molecule has 4 nitrogen and oxygen atoms in total. The molecule has 0 heterocycles. The van der Waals surface area contributed by atoms with Crippen LogP contribution >= 0.6 is 0 Å². The number of aliphatic carboxylic acids is 1. The average molecular weight is 251 g/mol. The number of hydrogen-bond acceptors (Lipinski definition) is 3. The molecule has 4 heteroatoms. The van der Waals surface area contributed by atoms with Gasteiger partial charge in [-0.25, -0.2) is 0 Å². The van der Waals surface area contributed by atoms with E-state index in [2.05, 4.69) is 12.2 Å². The van der Waals surface area contributed by atoms with Gasteiger partial charge in [-0.1, -0.05) is 25.5 Å². The number of nitrogens with one attached hydrogen (secondary N) is 1. The summed E-state index contributed by atoms with van der Waals surface area (Å²) in [4.78, 5) is 10.6. The van der Waals surface area contributed by atoms with Crippen LogP contribution in [0.25, 0.3) is 0 Å². The highest BCUT2D eigenvalue weighted by Crippen LogP contribution is 2.12. The number of carboxylic acid groups (broad SMARTS) is 1. The van der Waals surface area contributed by atoms with Gasteiger partial charge in [0.25, 0.3) is 0 Å². The van der Waals surface area contributed by atoms with Gasteiger partial charge in [-0.05, 0) is 31.0 Å². The first kappa shape index (κ1) is 14.5. The van der Waals surface area contributed by atoms with Crippen LogP contribution in [0.4, 0.5) is 0 Å². The first-order chi connectivity index (χ1) is 8.63. The minimum atomic E-state index is -0.838. The second-order valence-corrected chi connectivity index (χ2v) is 4.29. The standard InChI is InChI=1S/C14H21NO3/c1-3-4-9-18-13-7-5-12(6-8-13)10-15-11(2)14(16)17/h5-8,11,15H,3-4,9-10H2,1-2H3,(H,16,17). The van der Waals surface area contributed by atoms with Crippen LogP contribution in [0.2, 0.25) is 0 Å². The monoisotopic (exact) mass is 251 g/mol. The molecule has 0 aliphatic heterocycles. The molecule has 1 aromatic carbocycles. The molecule has 1 atom stereocenters. The van der Waals surface area contributed by atoms with Gasteiger partial charge in [0.1, 0.15) is 11.8 Å². The van der Waals surface area contributed by atoms with Crippen LogP contribution in [-0.2, 0) is 11.3 Å². The maximum absolute atomic E-state index is 10.6. The number of rotatable bonds is 8. The van der Waals surface area contributed by atoms with E-state index in [0.29, 0.717) is 6.54 Å². The maximum atomic E-state index is 10.6. The SMILES string of the molecule is CCCCOc1ccc(CNC(C)C(=O)O)cc1. The van der Waals surface area contributed by atoms with Gasteiger partial charge in [-0.3, -0.25) is 4.79 Å². The van der Waals surface area contributed by atoms with Crippen LogP contribution in [0.15, 0.2) is 24.3 Å². The molecule has 1 unspecified atom stereocenters. The lowest BCUT2D eigenvalue weighted by Gasteiger charge is -2.10. The van der Waals surface area contributed by atoms with E-state index in [1.807, 2.05) is 24.3 Å². The summed E-state index contributed by atoms with van der Waals surface area (Å²) in [6.45, 7) is 5.04. The predicted molar refractivity (Wildman–Crippen MR) is 70.8 cm³/mol. The molecule has 0 aromatic heterocycles. The van der Waals surface area contributed by atoms with Crippen molar-refractivity contribution >= 4 is 5.97 Å². The van der Waals surface area contributed by atoms with Crippen molar-refractivity contribution in [2.45, 2.75) is 39.3 Å². The van der Waals surface area contributed by atoms with Gasteiger partial charge < -0.3 is 15.2 Å². The van der Waals surface area contributed by atoms with E-state index in [0.717, 1.165) is 30.8 Å². The Morgan fingerprint density at radius 1 is 1.39 bits per heavy atom. The Morgan fingerprint density at radius 2 is 2.06 bits per heavy atom. The third-order valence-electron chi connectivity index (χ3n) is 2.67. The van der Waals surface area contributed by atoms with E-state index in [1.54, 1.807) is 6.92 Å². The Bertz CT molecular complexity index is 362. The molecule has 100 valence electrons. The van der Waals surface area contributed by atoms with Gasteiger partial charge in [0, 0.05) is 6.54 Å². The fourth-order valence-corrected chi connectivity index (χ4v) is 1.40. The van der Waals surface area contributed by atoms with E-state index >= 15 is 0 Å². The number of benzene rings is 1. The van der Waals surface area contributed by atoms with Crippen molar-refractivity contribution in [3.63, 3.8) is 0 Å². The van der Waals surface area contributed by atoms with Crippen molar-refractivity contribution in [2.75, 3.05) is 6.61 Å². The summed E-state index contributed by atoms with van der Waals surface area (Å²) in [5, 5.41) is 11.7. The summed E-state index contributed by atoms with van der Waals surface area (Å²) in [5.74, 6) is 0.0213. The molecule has 0 fully saturated rings. The van der Waals surface area contributed by atoms with E-state index in [-0.39, 0.29) is 0 Å². The highest BCUT2D eigenvalue weighted by molar-refractivity contribution is 5.72. The summed E-state index contributed by atoms with van der Waals surface area (Å²) in [7, 11) is 0. The quantitative estimate of drug-likeness (QED) is 0.697. The zero-order valence-electron chi connectivity index (χ0n) is 11.0. The Labute approximate surface area is 108 Å². The smallest absolute Gasteiger partial charge is 0.320 e. The van der Waals surface area contributed by atoms with E-state index in [4.69, 9.17) is 9.84 Å². The van der Waals surface area contributed by atoms with Gasteiger partial charge in [-0.15, -0.1) is 0 Å². The van der Waals surface area contributed by atoms with Crippen molar-refractivity contribution in [3.8, 4) is 5.75 Å². The second kappa shape index (κ2) is 7.71. The van der Waals surface area contributed by atoms with Gasteiger partial charge in [0.2, 0.25) is 0 Å². The zero-order chi connectivity index (χ0) is 13.4. The number of ether oxygens (including phenoxy) is 1. The largest absolute Gasteiger partial charge is 0.494 e. The summed E-state index contributed by atoms with van der Waals surface area (Å²) in [5.41, 5.74) is 1.05. The molecular formula is C14H21NO3. The molecule has 0 radical (unpaired) electrons. The van der Waals surface area contributed by atoms with Crippen molar-refractivity contribution in [1.82, 2.24) is 5.32 Å². The number of carboxylic acids is 1. The predicted octanol–water partition coefficient (Wildman–Crippen LogP) is 2.43. The molecule has 18 heavy (non-hydrogen) atoms. The van der Waals surface area contributed by atoms with E-state index < -0.39 is 12.0 Å². The molecule has 0 bridgehead atoms. The highest BCUT2D eigenvalue weighted by Gasteiger charge is 2.08. The first-order valence-electron chi connectivity index (χ1n) is 6.31. The van der Waals surface area contributed by atoms with E-state index in [9.17, 15) is 4.79 Å². The third-order valence-corrected chi connectivity index (χ3v) is 2.67. The molecule has 0 aliphatic rings. The Hall–Kier alpha value is -1.55. The molecule has 0 spiro atoms. The molecule has 0 aliphatic carbocycles. The maximum Gasteiger partial charge on any atom is 0.320 e. The number of hydrogen-bond donors (Lipinski definition) is 2. The van der Waals surface area contributed by atoms with Crippen molar-refractivity contribution < 1.29 is 14.6 Å². The Morgan fingerprint density at radius 3 is 2.61 bits per heavy atom. The Kier molecular flexibility index (Phi) is 6.22. The van der Waals surface area contributed by atoms with Crippen LogP contribution in [-0.4, -0.2) is 23.7 Å². The molecule has 2 N–H and O–H groups in total. The summed E-state index contributed by atoms with van der Waals surface area (Å²) in [6, 6.07) is 7.19. The molecule has 0 saturated heterocycles. The van der Waals surface area contributed by atoms with Crippen LogP contribution in [0.5, 0.6) is 5.75 Å². The van der Waals surface area contributed by atoms with Crippen LogP contribution < -0.4 is 10.1 Å². The minimum absolute atomic E-state index is 0.537. The summed E-state index contributed by atoms with van der Waals surface area (Å²) >= 11 is 0. The van der Waals surface area contributed by atoms with Crippen molar-refractivity contribution in [1.29, 1.82) is 0 Å². The fraction of sp³-hybridized carbons (Fsp3) is 0.500. The van der Waals surface area contributed by atoms with Gasteiger partial charge in [0.15, 0.2) is 0 Å². The topological polar surface area (TPSA) is 58.6 Å². The van der Waals surface area contributed by atoms with Gasteiger partial charge >= 0.3 is 5.97 Å². The second-order valence-electron chi connectivity index (χ2n) is 4.29. The first-order valence-corrected chi connectivity index (χ1v) is 6.31. The van der Waals surface area contributed by atoms with Crippen LogP contribution in [0, 0.1) is 0 Å². The summed E-state index contributed by atoms with van der Waals surface area (Å²) in [6.07, 6.45) is 2.18. The lowest BCUT2D eigenvalue weighted by Crippen LogP contribution is -2.33. The lowest BCUT2D eigenvalue weighted by atomic mass is 10.2. The van der Waals surface area contributed by atoms with E-state index in [1.165, 1.54) is 0 Å². The average Bonchev–Trinajstić information content (AvgIpc) is 2.37. The molecule has 1 rings (SSSR count). The Balaban J connectivity index is 2.38. The number of unbranched alkanes of at least 4 members (excludes halogenated alkanes) is 1. The van der Waals surface area contributed by atoms with Crippen molar-refractivity contribution in [2.24, 2.45) is 0 Å². The fourth-order valence-electron chi connectivity index (χ4n) is 1.40. The minimum Gasteiger partial charge on any atom is -0.494 e. The lowest BCUT2D eigenvalue weighted by molar-refractivity contribution is -0.139. The van der Waals surface area contributed by atoms with Crippen molar-refractivity contribution in [3.05, 3.63) is 29.8 Å². The normalized spacial score (nSPS) is 12.1. The third kappa shape index (κ3) is 5.19. The summed E-state index contributed by atoms with van der Waals surface area (Å²) < 4.78 is 5.55. The van der Waals surface area contributed by atoms with Gasteiger partial charge in [0.05, 0.1) is 6.61 Å². The zero-order valence-corrected chi connectivity index (χ0v) is 11.0. The molecule has 0 saturated carbocycles. The molecule has 0 amide bonds. The molecular weight excluding hydrogens is 230 g/mol. The molecule has 1 aromatic rings. The highest BCUT2D eigenvalue weighted by atomic mass is 16.5. The number of carbonyl (C=O) groups is 1. The van der Waals surface area contributed by atoms with Crippen LogP contribution in [0.1, 0.15) is 32.3 Å². The van der Waals surface area contributed by atoms with Crippen LogP contribution in [0.3, 0.4) is 0 Å². The van der Waals surface area contributed by atoms with Gasteiger partial charge in [-0.2, -0.15) is 0 Å².